The van der Waals surface area contributed by atoms with Crippen molar-refractivity contribution in [1.82, 2.24) is 0 Å². The quantitative estimate of drug-likeness (QED) is 0.467. The minimum Gasteiger partial charge on any atom is -0.472 e. The molecule has 6 nitrogen and oxygen atoms in total. The van der Waals surface area contributed by atoms with Gasteiger partial charge in [0, 0.05) is 28.7 Å². The molecule has 0 radical (unpaired) electrons. The first kappa shape index (κ1) is 22.3. The van der Waals surface area contributed by atoms with E-state index < -0.39 is 34.1 Å². The molecule has 34 heavy (non-hydrogen) atoms. The molecule has 0 amide bonds. The molecule has 3 saturated carbocycles. The summed E-state index contributed by atoms with van der Waals surface area (Å²) in [7, 11) is 0. The Labute approximate surface area is 200 Å². The number of ketones is 2. The van der Waals surface area contributed by atoms with Crippen LogP contribution in [0, 0.1) is 33.5 Å². The van der Waals surface area contributed by atoms with E-state index >= 15 is 0 Å². The lowest BCUT2D eigenvalue weighted by Gasteiger charge is -2.67. The molecule has 9 atom stereocenters. The summed E-state index contributed by atoms with van der Waals surface area (Å²) < 4.78 is 18.0. The molecule has 1 spiro atoms. The molecule has 0 N–H and O–H groups in total. The normalized spacial score (nSPS) is 50.1. The molecule has 0 unspecified atom stereocenters. The average Bonchev–Trinajstić information content (AvgIpc) is 3.24. The van der Waals surface area contributed by atoms with Crippen molar-refractivity contribution >= 4 is 17.5 Å². The van der Waals surface area contributed by atoms with Crippen molar-refractivity contribution < 1.29 is 28.3 Å². The molecule has 1 aliphatic heterocycles. The fourth-order valence-electron chi connectivity index (χ4n) is 9.55. The van der Waals surface area contributed by atoms with Gasteiger partial charge in [-0.25, -0.2) is 0 Å². The average molecular weight is 467 g/mol. The molecule has 1 aromatic heterocycles. The van der Waals surface area contributed by atoms with Crippen LogP contribution in [0.5, 0.6) is 0 Å². The van der Waals surface area contributed by atoms with Gasteiger partial charge in [0.15, 0.2) is 11.6 Å². The van der Waals surface area contributed by atoms with Crippen molar-refractivity contribution in [3.63, 3.8) is 0 Å². The number of furan rings is 1. The lowest BCUT2D eigenvalue weighted by molar-refractivity contribution is -0.232. The third-order valence-electron chi connectivity index (χ3n) is 11.0. The van der Waals surface area contributed by atoms with Crippen LogP contribution in [0.4, 0.5) is 0 Å². The number of hydrogen-bond donors (Lipinski definition) is 0. The van der Waals surface area contributed by atoms with Gasteiger partial charge >= 0.3 is 5.97 Å². The molecule has 1 aromatic rings. The van der Waals surface area contributed by atoms with Gasteiger partial charge in [0.1, 0.15) is 17.8 Å². The van der Waals surface area contributed by atoms with Crippen LogP contribution in [-0.4, -0.2) is 35.3 Å². The van der Waals surface area contributed by atoms with Gasteiger partial charge in [0.2, 0.25) is 0 Å². The Morgan fingerprint density at radius 2 is 1.85 bits per heavy atom. The molecule has 6 rings (SSSR count). The Kier molecular flexibility index (Phi) is 4.13. The van der Waals surface area contributed by atoms with E-state index in [0.29, 0.717) is 6.42 Å². The first-order valence-corrected chi connectivity index (χ1v) is 12.5. The maximum atomic E-state index is 13.7. The number of carbonyl (C=O) groups excluding carboxylic acids is 3. The van der Waals surface area contributed by atoms with E-state index in [0.717, 1.165) is 18.4 Å². The van der Waals surface area contributed by atoms with Gasteiger partial charge < -0.3 is 13.9 Å². The number of hydrogen-bond acceptors (Lipinski definition) is 6. The van der Waals surface area contributed by atoms with Gasteiger partial charge in [-0.1, -0.05) is 40.7 Å². The topological polar surface area (TPSA) is 86.1 Å². The third-order valence-corrected chi connectivity index (χ3v) is 11.0. The second-order valence-corrected chi connectivity index (χ2v) is 12.6. The minimum absolute atomic E-state index is 0.0275. The highest BCUT2D eigenvalue weighted by Gasteiger charge is 2.89. The summed E-state index contributed by atoms with van der Waals surface area (Å²) in [6.07, 6.45) is 8.49. The first-order valence-electron chi connectivity index (χ1n) is 12.5. The van der Waals surface area contributed by atoms with Crippen LogP contribution in [0.15, 0.2) is 35.2 Å². The van der Waals surface area contributed by atoms with E-state index in [1.807, 2.05) is 19.9 Å². The van der Waals surface area contributed by atoms with Crippen molar-refractivity contribution in [3.8, 4) is 0 Å². The summed E-state index contributed by atoms with van der Waals surface area (Å²) in [5.74, 6) is -0.280. The maximum absolute atomic E-state index is 13.7. The van der Waals surface area contributed by atoms with Gasteiger partial charge in [0.25, 0.3) is 0 Å². The van der Waals surface area contributed by atoms with Crippen molar-refractivity contribution in [2.45, 2.75) is 84.5 Å². The first-order chi connectivity index (χ1) is 15.9. The summed E-state index contributed by atoms with van der Waals surface area (Å²) >= 11 is 0. The molecule has 0 bridgehead atoms. The summed E-state index contributed by atoms with van der Waals surface area (Å²) in [5.41, 5.74) is -1.65. The van der Waals surface area contributed by atoms with E-state index in [-0.39, 0.29) is 40.7 Å². The van der Waals surface area contributed by atoms with Crippen LogP contribution in [-0.2, 0) is 23.9 Å². The summed E-state index contributed by atoms with van der Waals surface area (Å²) in [6.45, 7) is 12.1. The Hall–Kier alpha value is -2.21. The van der Waals surface area contributed by atoms with Crippen molar-refractivity contribution in [3.05, 3.63) is 36.3 Å². The second-order valence-electron chi connectivity index (χ2n) is 12.6. The van der Waals surface area contributed by atoms with Gasteiger partial charge in [-0.15, -0.1) is 0 Å². The smallest absolute Gasteiger partial charge is 0.302 e. The SMILES string of the molecule is CC(=O)O[C@H]1C[C@H]2C(C)(C)C(=O)C=C[C@]2(C)[C@H]2CC[C@@]3(C)[C@H](c4ccoc4)C(=O)[C@H]4O[C@]43[C@]12C. The fourth-order valence-corrected chi connectivity index (χ4v) is 9.55. The largest absolute Gasteiger partial charge is 0.472 e. The number of rotatable bonds is 2. The zero-order valence-corrected chi connectivity index (χ0v) is 20.8. The zero-order chi connectivity index (χ0) is 24.5. The monoisotopic (exact) mass is 466 g/mol. The number of carbonyl (C=O) groups is 3. The highest BCUT2D eigenvalue weighted by molar-refractivity contribution is 5.99. The van der Waals surface area contributed by atoms with Crippen LogP contribution < -0.4 is 0 Å². The Balaban J connectivity index is 1.54. The molecule has 182 valence electrons. The molecular weight excluding hydrogens is 432 g/mol. The Bertz CT molecular complexity index is 1130. The van der Waals surface area contributed by atoms with Crippen LogP contribution in [0.25, 0.3) is 0 Å². The van der Waals surface area contributed by atoms with Crippen LogP contribution >= 0.6 is 0 Å². The number of allylic oxidation sites excluding steroid dienone is 2. The number of Topliss-reactive ketones (excluding diaryl/α,β-unsaturated/α-hetero) is 1. The number of esters is 1. The summed E-state index contributed by atoms with van der Waals surface area (Å²) in [5, 5.41) is 0. The predicted octanol–water partition coefficient (Wildman–Crippen LogP) is 4.63. The van der Waals surface area contributed by atoms with Gasteiger partial charge in [0.05, 0.1) is 18.4 Å². The van der Waals surface area contributed by atoms with E-state index in [9.17, 15) is 14.4 Å². The molecule has 4 aliphatic carbocycles. The van der Waals surface area contributed by atoms with E-state index in [4.69, 9.17) is 13.9 Å². The van der Waals surface area contributed by atoms with Crippen molar-refractivity contribution in [1.29, 1.82) is 0 Å². The maximum Gasteiger partial charge on any atom is 0.302 e. The molecule has 5 aliphatic rings. The summed E-state index contributed by atoms with van der Waals surface area (Å²) in [4.78, 5) is 39.0. The van der Waals surface area contributed by atoms with E-state index in [1.54, 1.807) is 18.6 Å². The van der Waals surface area contributed by atoms with Crippen LogP contribution in [0.3, 0.4) is 0 Å². The van der Waals surface area contributed by atoms with Crippen molar-refractivity contribution in [2.24, 2.45) is 33.5 Å². The Morgan fingerprint density at radius 3 is 2.50 bits per heavy atom. The summed E-state index contributed by atoms with van der Waals surface area (Å²) in [6, 6.07) is 1.89. The Morgan fingerprint density at radius 1 is 1.12 bits per heavy atom. The van der Waals surface area contributed by atoms with E-state index in [2.05, 4.69) is 26.8 Å². The lowest BCUT2D eigenvalue weighted by Crippen LogP contribution is -2.70. The van der Waals surface area contributed by atoms with Crippen LogP contribution in [0.1, 0.15) is 72.3 Å². The third kappa shape index (κ3) is 2.21. The van der Waals surface area contributed by atoms with Gasteiger partial charge in [-0.2, -0.15) is 0 Å². The second kappa shape index (κ2) is 6.31. The van der Waals surface area contributed by atoms with Crippen molar-refractivity contribution in [2.75, 3.05) is 0 Å². The highest BCUT2D eigenvalue weighted by Crippen LogP contribution is 2.81. The predicted molar refractivity (Wildman–Crippen MR) is 123 cm³/mol. The molecular formula is C28H34O6. The highest BCUT2D eigenvalue weighted by atomic mass is 16.6. The zero-order valence-electron chi connectivity index (χ0n) is 20.8. The minimum atomic E-state index is -0.713. The standard InChI is InChI=1S/C28H34O6/c1-15(29)33-20-13-18-24(2,3)19(30)8-10-25(18,4)17-7-11-26(5)21(16-9-12-32-14-16)22(31)23-28(26,34-23)27(17,20)6/h8-10,12,14,17-18,20-21,23H,7,11,13H2,1-6H3/t17-,18+,20+,21-,23-,25-,26+,27+,28-/m1/s1. The lowest BCUT2D eigenvalue weighted by atomic mass is 9.36. The molecule has 0 aromatic carbocycles. The van der Waals surface area contributed by atoms with Gasteiger partial charge in [-0.3, -0.25) is 14.4 Å². The van der Waals surface area contributed by atoms with Gasteiger partial charge in [-0.05, 0) is 48.7 Å². The molecule has 6 heteroatoms. The molecule has 2 heterocycles. The number of ether oxygens (including phenoxy) is 2. The number of epoxide rings is 1. The molecule has 1 saturated heterocycles. The van der Waals surface area contributed by atoms with Crippen LogP contribution in [0.2, 0.25) is 0 Å². The molecule has 4 fully saturated rings. The fraction of sp³-hybridized carbons (Fsp3) is 0.679. The number of fused-ring (bicyclic) bond motifs is 3. The van der Waals surface area contributed by atoms with E-state index in [1.165, 1.54) is 6.92 Å².